The van der Waals surface area contributed by atoms with Crippen LogP contribution in [-0.4, -0.2) is 24.4 Å². The number of unbranched alkanes of at least 4 members (excludes halogenated alkanes) is 5. The van der Waals surface area contributed by atoms with Gasteiger partial charge in [0.05, 0.1) is 19.4 Å². The summed E-state index contributed by atoms with van der Waals surface area (Å²) in [6.07, 6.45) is 6.03. The minimum Gasteiger partial charge on any atom is -0.466 e. The molecule has 1 aromatic rings. The Balaban J connectivity index is 2.05. The molecule has 0 N–H and O–H groups in total. The van der Waals surface area contributed by atoms with E-state index >= 15 is 0 Å². The number of para-hydroxylation sites is 1. The average molecular weight is 359 g/mol. The van der Waals surface area contributed by atoms with Crippen molar-refractivity contribution in [3.8, 4) is 5.75 Å². The van der Waals surface area contributed by atoms with Gasteiger partial charge in [-0.15, -0.1) is 11.6 Å². The van der Waals surface area contributed by atoms with Crippen molar-refractivity contribution in [3.05, 3.63) is 30.1 Å². The summed E-state index contributed by atoms with van der Waals surface area (Å²) in [5.74, 6) is -1.14. The van der Waals surface area contributed by atoms with Gasteiger partial charge in [-0.2, -0.15) is 0 Å². The summed E-state index contributed by atoms with van der Waals surface area (Å²) in [7, 11) is 0. The van der Waals surface area contributed by atoms with E-state index in [9.17, 15) is 14.0 Å². The first-order valence-corrected chi connectivity index (χ1v) is 8.83. The van der Waals surface area contributed by atoms with E-state index < -0.39 is 17.8 Å². The second-order valence-electron chi connectivity index (χ2n) is 5.44. The van der Waals surface area contributed by atoms with E-state index in [1.54, 1.807) is 6.07 Å². The molecule has 0 heterocycles. The topological polar surface area (TPSA) is 52.6 Å². The quantitative estimate of drug-likeness (QED) is 0.236. The highest BCUT2D eigenvalue weighted by Crippen LogP contribution is 2.16. The summed E-state index contributed by atoms with van der Waals surface area (Å²) in [6.45, 7) is 0.358. The first-order chi connectivity index (χ1) is 11.6. The van der Waals surface area contributed by atoms with Gasteiger partial charge in [-0.3, -0.25) is 9.59 Å². The van der Waals surface area contributed by atoms with Crippen LogP contribution >= 0.6 is 11.6 Å². The van der Waals surface area contributed by atoms with E-state index in [1.165, 1.54) is 18.2 Å². The van der Waals surface area contributed by atoms with Crippen LogP contribution in [0.2, 0.25) is 0 Å². The van der Waals surface area contributed by atoms with Gasteiger partial charge in [-0.1, -0.05) is 37.8 Å². The third-order valence-corrected chi connectivity index (χ3v) is 3.65. The first-order valence-electron chi connectivity index (χ1n) is 8.30. The summed E-state index contributed by atoms with van der Waals surface area (Å²) in [5, 5.41) is 0. The second-order valence-corrected chi connectivity index (χ2v) is 5.81. The molecule has 0 aromatic heterocycles. The summed E-state index contributed by atoms with van der Waals surface area (Å²) < 4.78 is 23.2. The lowest BCUT2D eigenvalue weighted by Gasteiger charge is -2.06. The molecule has 134 valence electrons. The fraction of sp³-hybridized carbons (Fsp3) is 0.556. The largest absolute Gasteiger partial charge is 0.466 e. The van der Waals surface area contributed by atoms with Gasteiger partial charge in [0.25, 0.3) is 0 Å². The number of carbonyl (C=O) groups is 2. The van der Waals surface area contributed by atoms with Crippen LogP contribution in [0.1, 0.15) is 51.4 Å². The second kappa shape index (κ2) is 12.8. The van der Waals surface area contributed by atoms with Crippen LogP contribution in [0.15, 0.2) is 24.3 Å². The Bertz CT molecular complexity index is 508. The predicted octanol–water partition coefficient (Wildman–Crippen LogP) is 4.63. The molecule has 0 saturated carbocycles. The molecule has 0 aliphatic carbocycles. The van der Waals surface area contributed by atoms with Gasteiger partial charge in [0.1, 0.15) is 0 Å². The monoisotopic (exact) mass is 358 g/mol. The maximum absolute atomic E-state index is 13.3. The number of hydrogen-bond acceptors (Lipinski definition) is 4. The van der Waals surface area contributed by atoms with E-state index in [0.29, 0.717) is 12.5 Å². The molecule has 0 aliphatic heterocycles. The Labute approximate surface area is 147 Å². The summed E-state index contributed by atoms with van der Waals surface area (Å²) >= 11 is 5.59. The number of hydrogen-bond donors (Lipinski definition) is 0. The zero-order valence-electron chi connectivity index (χ0n) is 13.8. The number of alkyl halides is 1. The van der Waals surface area contributed by atoms with Crippen molar-refractivity contribution in [1.29, 1.82) is 0 Å². The van der Waals surface area contributed by atoms with E-state index in [2.05, 4.69) is 0 Å². The maximum Gasteiger partial charge on any atom is 0.311 e. The minimum absolute atomic E-state index is 0.0665. The zero-order chi connectivity index (χ0) is 17.6. The van der Waals surface area contributed by atoms with Crippen LogP contribution in [0.4, 0.5) is 4.39 Å². The average Bonchev–Trinajstić information content (AvgIpc) is 2.57. The summed E-state index contributed by atoms with van der Waals surface area (Å²) in [4.78, 5) is 23.1. The van der Waals surface area contributed by atoms with Crippen LogP contribution in [0, 0.1) is 5.82 Å². The van der Waals surface area contributed by atoms with Crippen LogP contribution in [0.25, 0.3) is 0 Å². The molecular weight excluding hydrogens is 335 g/mol. The first kappa shape index (κ1) is 20.4. The SMILES string of the molecule is O=C(CCC(=O)Oc1ccccc1F)OCCCCCCCCCl. The van der Waals surface area contributed by atoms with Crippen LogP contribution in [-0.2, 0) is 14.3 Å². The van der Waals surface area contributed by atoms with Gasteiger partial charge in [0.15, 0.2) is 11.6 Å². The number of halogens is 2. The molecule has 0 spiro atoms. The van der Waals surface area contributed by atoms with Gasteiger partial charge in [0, 0.05) is 5.88 Å². The van der Waals surface area contributed by atoms with E-state index in [-0.39, 0.29) is 18.6 Å². The van der Waals surface area contributed by atoms with E-state index in [4.69, 9.17) is 21.1 Å². The highest BCUT2D eigenvalue weighted by Gasteiger charge is 2.12. The van der Waals surface area contributed by atoms with Gasteiger partial charge < -0.3 is 9.47 Å². The number of esters is 2. The molecule has 24 heavy (non-hydrogen) atoms. The molecule has 0 radical (unpaired) electrons. The standard InChI is InChI=1S/C18H24ClFO4/c19-13-7-3-1-2-4-8-14-23-17(21)11-12-18(22)24-16-10-6-5-9-15(16)20/h5-6,9-10H,1-4,7-8,11-14H2. The fourth-order valence-corrected chi connectivity index (χ4v) is 2.26. The molecule has 0 unspecified atom stereocenters. The van der Waals surface area contributed by atoms with Crippen molar-refractivity contribution in [2.75, 3.05) is 12.5 Å². The van der Waals surface area contributed by atoms with Crippen LogP contribution < -0.4 is 4.74 Å². The molecule has 0 amide bonds. The van der Waals surface area contributed by atoms with Crippen molar-refractivity contribution in [1.82, 2.24) is 0 Å². The zero-order valence-corrected chi connectivity index (χ0v) is 14.5. The van der Waals surface area contributed by atoms with Crippen molar-refractivity contribution >= 4 is 23.5 Å². The molecule has 4 nitrogen and oxygen atoms in total. The Morgan fingerprint density at radius 2 is 1.54 bits per heavy atom. The van der Waals surface area contributed by atoms with Crippen molar-refractivity contribution in [2.24, 2.45) is 0 Å². The highest BCUT2D eigenvalue weighted by atomic mass is 35.5. The molecule has 0 bridgehead atoms. The van der Waals surface area contributed by atoms with Crippen molar-refractivity contribution < 1.29 is 23.5 Å². The Kier molecular flexibility index (Phi) is 10.9. The molecule has 0 saturated heterocycles. The molecule has 0 fully saturated rings. The fourth-order valence-electron chi connectivity index (χ4n) is 2.07. The van der Waals surface area contributed by atoms with Gasteiger partial charge >= 0.3 is 11.9 Å². The predicted molar refractivity (Wildman–Crippen MR) is 90.7 cm³/mol. The van der Waals surface area contributed by atoms with E-state index in [0.717, 1.165) is 38.5 Å². The third kappa shape index (κ3) is 9.50. The molecular formula is C18H24ClFO4. The van der Waals surface area contributed by atoms with Crippen molar-refractivity contribution in [3.63, 3.8) is 0 Å². The summed E-state index contributed by atoms with van der Waals surface area (Å²) in [6, 6.07) is 5.63. The molecule has 1 rings (SSSR count). The number of ether oxygens (including phenoxy) is 2. The Morgan fingerprint density at radius 3 is 2.25 bits per heavy atom. The molecule has 0 atom stereocenters. The van der Waals surface area contributed by atoms with Gasteiger partial charge in [-0.05, 0) is 25.0 Å². The summed E-state index contributed by atoms with van der Waals surface area (Å²) in [5.41, 5.74) is 0. The lowest BCUT2D eigenvalue weighted by atomic mass is 10.1. The Hall–Kier alpha value is -1.62. The number of benzene rings is 1. The third-order valence-electron chi connectivity index (χ3n) is 3.38. The van der Waals surface area contributed by atoms with Gasteiger partial charge in [0.2, 0.25) is 0 Å². The normalized spacial score (nSPS) is 10.4. The van der Waals surface area contributed by atoms with E-state index in [1.807, 2.05) is 0 Å². The lowest BCUT2D eigenvalue weighted by molar-refractivity contribution is -0.147. The van der Waals surface area contributed by atoms with Crippen LogP contribution in [0.5, 0.6) is 5.75 Å². The minimum atomic E-state index is -0.656. The molecule has 6 heteroatoms. The number of rotatable bonds is 12. The lowest BCUT2D eigenvalue weighted by Crippen LogP contribution is -2.13. The Morgan fingerprint density at radius 1 is 0.917 bits per heavy atom. The van der Waals surface area contributed by atoms with Crippen molar-refractivity contribution in [2.45, 2.75) is 51.4 Å². The maximum atomic E-state index is 13.3. The molecule has 0 aliphatic rings. The highest BCUT2D eigenvalue weighted by molar-refractivity contribution is 6.17. The molecule has 1 aromatic carbocycles. The number of carbonyl (C=O) groups excluding carboxylic acids is 2. The van der Waals surface area contributed by atoms with Crippen LogP contribution in [0.3, 0.4) is 0 Å². The van der Waals surface area contributed by atoms with Gasteiger partial charge in [-0.25, -0.2) is 4.39 Å². The smallest absolute Gasteiger partial charge is 0.311 e.